The fourth-order valence-electron chi connectivity index (χ4n) is 2.03. The summed E-state index contributed by atoms with van der Waals surface area (Å²) >= 11 is 3.53. The van der Waals surface area contributed by atoms with Gasteiger partial charge < -0.3 is 5.32 Å². The predicted molar refractivity (Wildman–Crippen MR) is 90.4 cm³/mol. The number of para-hydroxylation sites is 1. The van der Waals surface area contributed by atoms with Crippen molar-refractivity contribution in [2.45, 2.75) is 25.3 Å². The Labute approximate surface area is 134 Å². The highest BCUT2D eigenvalue weighted by atomic mass is 79.9. The monoisotopic (exact) mass is 367 g/mol. The first-order chi connectivity index (χ1) is 9.94. The molecule has 0 heterocycles. The Kier molecular flexibility index (Phi) is 5.06. The number of aryl methyl sites for hydroxylation is 1. The van der Waals surface area contributed by atoms with Crippen molar-refractivity contribution in [1.82, 2.24) is 0 Å². The molecule has 0 atom stereocenters. The molecule has 2 aromatic carbocycles. The number of benzene rings is 2. The van der Waals surface area contributed by atoms with Gasteiger partial charge in [-0.25, -0.2) is 8.42 Å². The normalized spacial score (nSPS) is 11.4. The van der Waals surface area contributed by atoms with Crippen molar-refractivity contribution in [2.24, 2.45) is 0 Å². The van der Waals surface area contributed by atoms with E-state index in [9.17, 15) is 8.42 Å². The molecule has 0 aliphatic carbocycles. The van der Waals surface area contributed by atoms with Crippen LogP contribution in [0.5, 0.6) is 0 Å². The van der Waals surface area contributed by atoms with Crippen molar-refractivity contribution in [2.75, 3.05) is 11.1 Å². The van der Waals surface area contributed by atoms with E-state index >= 15 is 0 Å². The van der Waals surface area contributed by atoms with E-state index in [1.165, 1.54) is 5.56 Å². The highest BCUT2D eigenvalue weighted by molar-refractivity contribution is 9.10. The van der Waals surface area contributed by atoms with Gasteiger partial charge in [-0.3, -0.25) is 0 Å². The van der Waals surface area contributed by atoms with Gasteiger partial charge in [0.2, 0.25) is 0 Å². The molecule has 0 bridgehead atoms. The summed E-state index contributed by atoms with van der Waals surface area (Å²) in [4.78, 5) is 0.357. The molecule has 112 valence electrons. The summed E-state index contributed by atoms with van der Waals surface area (Å²) in [5.74, 6) is 0.0971. The molecule has 0 saturated carbocycles. The first-order valence-electron chi connectivity index (χ1n) is 6.74. The van der Waals surface area contributed by atoms with Crippen LogP contribution in [-0.4, -0.2) is 14.2 Å². The molecule has 0 aliphatic heterocycles. The Morgan fingerprint density at radius 2 is 1.86 bits per heavy atom. The Morgan fingerprint density at radius 1 is 1.14 bits per heavy atom. The standard InChI is InChI=1S/C16H18BrNO2S/c1-3-21(19,20)16-7-5-4-6-15(16)18-11-13-9-8-12(2)10-14(13)17/h4-10,18H,3,11H2,1-2H3. The Bertz CT molecular complexity index is 742. The van der Waals surface area contributed by atoms with E-state index in [0.29, 0.717) is 17.1 Å². The first kappa shape index (κ1) is 16.0. The highest BCUT2D eigenvalue weighted by Crippen LogP contribution is 2.24. The van der Waals surface area contributed by atoms with Crippen LogP contribution >= 0.6 is 15.9 Å². The lowest BCUT2D eigenvalue weighted by molar-refractivity contribution is 0.597. The summed E-state index contributed by atoms with van der Waals surface area (Å²) in [7, 11) is -3.22. The van der Waals surface area contributed by atoms with Crippen LogP contribution in [0.15, 0.2) is 51.8 Å². The van der Waals surface area contributed by atoms with E-state index in [1.54, 1.807) is 25.1 Å². The van der Waals surface area contributed by atoms with Gasteiger partial charge in [0.05, 0.1) is 16.3 Å². The second-order valence-electron chi connectivity index (χ2n) is 4.85. The molecule has 0 spiro atoms. The van der Waals surface area contributed by atoms with Crippen LogP contribution in [0.2, 0.25) is 0 Å². The molecule has 21 heavy (non-hydrogen) atoms. The van der Waals surface area contributed by atoms with Gasteiger partial charge in [0.15, 0.2) is 9.84 Å². The largest absolute Gasteiger partial charge is 0.380 e. The van der Waals surface area contributed by atoms with Crippen molar-refractivity contribution in [3.63, 3.8) is 0 Å². The van der Waals surface area contributed by atoms with Crippen molar-refractivity contribution in [3.05, 3.63) is 58.1 Å². The van der Waals surface area contributed by atoms with E-state index < -0.39 is 9.84 Å². The Morgan fingerprint density at radius 3 is 2.52 bits per heavy atom. The van der Waals surface area contributed by atoms with Gasteiger partial charge in [0.25, 0.3) is 0 Å². The summed E-state index contributed by atoms with van der Waals surface area (Å²) in [5.41, 5.74) is 2.91. The number of hydrogen-bond acceptors (Lipinski definition) is 3. The summed E-state index contributed by atoms with van der Waals surface area (Å²) < 4.78 is 25.2. The van der Waals surface area contributed by atoms with Crippen LogP contribution in [0.3, 0.4) is 0 Å². The predicted octanol–water partition coefficient (Wildman–Crippen LogP) is 4.16. The third-order valence-corrected chi connectivity index (χ3v) is 5.80. The summed E-state index contributed by atoms with van der Waals surface area (Å²) in [6, 6.07) is 13.1. The van der Waals surface area contributed by atoms with Crippen molar-refractivity contribution in [1.29, 1.82) is 0 Å². The number of sulfone groups is 1. The molecule has 0 aliphatic rings. The lowest BCUT2D eigenvalue weighted by atomic mass is 10.1. The van der Waals surface area contributed by atoms with Gasteiger partial charge in [-0.15, -0.1) is 0 Å². The van der Waals surface area contributed by atoms with Gasteiger partial charge in [0.1, 0.15) is 0 Å². The molecule has 0 saturated heterocycles. The van der Waals surface area contributed by atoms with Crippen LogP contribution in [0, 0.1) is 6.92 Å². The number of halogens is 1. The summed E-state index contributed by atoms with van der Waals surface area (Å²) in [6.07, 6.45) is 0. The lowest BCUT2D eigenvalue weighted by Gasteiger charge is -2.13. The van der Waals surface area contributed by atoms with E-state index in [2.05, 4.69) is 21.2 Å². The number of anilines is 1. The zero-order chi connectivity index (χ0) is 15.5. The third kappa shape index (κ3) is 3.86. The van der Waals surface area contributed by atoms with Crippen LogP contribution in [0.1, 0.15) is 18.1 Å². The molecule has 0 unspecified atom stereocenters. The zero-order valence-corrected chi connectivity index (χ0v) is 14.5. The van der Waals surface area contributed by atoms with Crippen LogP contribution < -0.4 is 5.32 Å². The van der Waals surface area contributed by atoms with Gasteiger partial charge in [-0.05, 0) is 36.2 Å². The topological polar surface area (TPSA) is 46.2 Å². The smallest absolute Gasteiger partial charge is 0.180 e. The Balaban J connectivity index is 2.25. The molecule has 5 heteroatoms. The second kappa shape index (κ2) is 6.62. The quantitative estimate of drug-likeness (QED) is 0.862. The van der Waals surface area contributed by atoms with Crippen molar-refractivity contribution in [3.8, 4) is 0 Å². The summed E-state index contributed by atoms with van der Waals surface area (Å²) in [6.45, 7) is 4.25. The number of nitrogens with one attached hydrogen (secondary N) is 1. The van der Waals surface area contributed by atoms with E-state index in [0.717, 1.165) is 10.0 Å². The first-order valence-corrected chi connectivity index (χ1v) is 9.19. The molecule has 0 aromatic heterocycles. The van der Waals surface area contributed by atoms with Crippen molar-refractivity contribution < 1.29 is 8.42 Å². The molecule has 2 rings (SSSR count). The minimum Gasteiger partial charge on any atom is -0.380 e. The zero-order valence-electron chi connectivity index (χ0n) is 12.1. The summed E-state index contributed by atoms with van der Waals surface area (Å²) in [5, 5.41) is 3.22. The molecular formula is C16H18BrNO2S. The molecular weight excluding hydrogens is 350 g/mol. The maximum absolute atomic E-state index is 12.1. The maximum atomic E-state index is 12.1. The number of rotatable bonds is 5. The minimum atomic E-state index is -3.22. The fourth-order valence-corrected chi connectivity index (χ4v) is 3.73. The SMILES string of the molecule is CCS(=O)(=O)c1ccccc1NCc1ccc(C)cc1Br. The molecule has 1 N–H and O–H groups in total. The molecule has 0 radical (unpaired) electrons. The van der Waals surface area contributed by atoms with E-state index in [-0.39, 0.29) is 5.75 Å². The second-order valence-corrected chi connectivity index (χ2v) is 7.95. The van der Waals surface area contributed by atoms with Crippen LogP contribution in [0.4, 0.5) is 5.69 Å². The van der Waals surface area contributed by atoms with Crippen molar-refractivity contribution >= 4 is 31.5 Å². The lowest BCUT2D eigenvalue weighted by Crippen LogP contribution is -2.09. The van der Waals surface area contributed by atoms with E-state index in [4.69, 9.17) is 0 Å². The van der Waals surface area contributed by atoms with Gasteiger partial charge in [0, 0.05) is 11.0 Å². The average Bonchev–Trinajstić information content (AvgIpc) is 2.46. The van der Waals surface area contributed by atoms with Crippen LogP contribution in [0.25, 0.3) is 0 Å². The third-order valence-electron chi connectivity index (χ3n) is 3.28. The maximum Gasteiger partial charge on any atom is 0.180 e. The fraction of sp³-hybridized carbons (Fsp3) is 0.250. The molecule has 0 amide bonds. The Hall–Kier alpha value is -1.33. The minimum absolute atomic E-state index is 0.0971. The molecule has 2 aromatic rings. The molecule has 0 fully saturated rings. The highest BCUT2D eigenvalue weighted by Gasteiger charge is 2.15. The van der Waals surface area contributed by atoms with Gasteiger partial charge in [-0.1, -0.05) is 47.1 Å². The van der Waals surface area contributed by atoms with Gasteiger partial charge in [-0.2, -0.15) is 0 Å². The van der Waals surface area contributed by atoms with Gasteiger partial charge >= 0.3 is 0 Å². The van der Waals surface area contributed by atoms with E-state index in [1.807, 2.05) is 31.2 Å². The molecule has 3 nitrogen and oxygen atoms in total. The average molecular weight is 368 g/mol. The number of hydrogen-bond donors (Lipinski definition) is 1. The van der Waals surface area contributed by atoms with Crippen LogP contribution in [-0.2, 0) is 16.4 Å².